The van der Waals surface area contributed by atoms with Gasteiger partial charge in [-0.15, -0.1) is 11.8 Å². The molecule has 3 aliphatic heterocycles. The van der Waals surface area contributed by atoms with Crippen molar-refractivity contribution in [3.63, 3.8) is 0 Å². The highest BCUT2D eigenvalue weighted by molar-refractivity contribution is 8.00. The number of hydrogen-bond donors (Lipinski definition) is 5. The van der Waals surface area contributed by atoms with Crippen LogP contribution in [-0.4, -0.2) is 115 Å². The number of esters is 1. The largest absolute Gasteiger partial charge is 0.508 e. The summed E-state index contributed by atoms with van der Waals surface area (Å²) in [5, 5.41) is 33.3. The first-order valence-electron chi connectivity index (χ1n) is 13.1. The third-order valence-electron chi connectivity index (χ3n) is 7.07. The van der Waals surface area contributed by atoms with Gasteiger partial charge in [0.2, 0.25) is 18.0 Å². The Balaban J connectivity index is 1.65. The van der Waals surface area contributed by atoms with Crippen molar-refractivity contribution >= 4 is 53.4 Å². The smallest absolute Gasteiger partial charge is 0.352 e. The summed E-state index contributed by atoms with van der Waals surface area (Å²) in [6.07, 6.45) is -1.70. The summed E-state index contributed by atoms with van der Waals surface area (Å²) in [5.74, 6) is -7.16. The van der Waals surface area contributed by atoms with E-state index in [4.69, 9.17) is 4.74 Å². The van der Waals surface area contributed by atoms with E-state index in [2.05, 4.69) is 10.6 Å². The van der Waals surface area contributed by atoms with Crippen LogP contribution in [0.4, 0.5) is 4.79 Å². The fraction of sp³-hybridized carbons (Fsp3) is 0.423. The zero-order valence-corrected chi connectivity index (χ0v) is 23.8. The Morgan fingerprint density at radius 3 is 2.33 bits per heavy atom. The second-order valence-electron chi connectivity index (χ2n) is 9.69. The van der Waals surface area contributed by atoms with Crippen molar-refractivity contribution in [1.29, 1.82) is 0 Å². The Hall–Kier alpha value is -4.64. The third-order valence-corrected chi connectivity index (χ3v) is 8.43. The van der Waals surface area contributed by atoms with Crippen LogP contribution in [0.5, 0.6) is 5.75 Å². The number of phenolic OH excluding ortho intramolecular Hbond substituents is 1. The van der Waals surface area contributed by atoms with Gasteiger partial charge in [0.15, 0.2) is 0 Å². The van der Waals surface area contributed by atoms with Gasteiger partial charge >= 0.3 is 29.8 Å². The van der Waals surface area contributed by atoms with Gasteiger partial charge in [0.1, 0.15) is 17.5 Å². The van der Waals surface area contributed by atoms with Crippen molar-refractivity contribution in [2.24, 2.45) is 5.92 Å². The van der Waals surface area contributed by atoms with Crippen LogP contribution in [0.1, 0.15) is 25.5 Å². The van der Waals surface area contributed by atoms with E-state index in [0.717, 1.165) is 23.6 Å². The number of fused-ring (bicyclic) bond motifs is 1. The van der Waals surface area contributed by atoms with Crippen molar-refractivity contribution in [2.75, 3.05) is 32.0 Å². The van der Waals surface area contributed by atoms with Gasteiger partial charge in [-0.3, -0.25) is 33.8 Å². The summed E-state index contributed by atoms with van der Waals surface area (Å²) < 4.78 is 5.26. The van der Waals surface area contributed by atoms with Gasteiger partial charge in [-0.1, -0.05) is 12.1 Å². The number of nitrogens with one attached hydrogen (secondary N) is 2. The van der Waals surface area contributed by atoms with E-state index in [1.165, 1.54) is 29.2 Å². The minimum absolute atomic E-state index is 0.0796. The molecule has 5 N–H and O–H groups in total. The van der Waals surface area contributed by atoms with E-state index in [9.17, 15) is 48.9 Å². The first-order chi connectivity index (χ1) is 20.4. The number of ether oxygens (including phenoxy) is 1. The molecular weight excluding hydrogens is 590 g/mol. The van der Waals surface area contributed by atoms with Crippen LogP contribution >= 0.6 is 11.8 Å². The number of carboxylic acid groups (broad SMARTS) is 1. The number of urea groups is 1. The van der Waals surface area contributed by atoms with Gasteiger partial charge in [-0.25, -0.2) is 9.59 Å². The van der Waals surface area contributed by atoms with Crippen LogP contribution in [0.2, 0.25) is 0 Å². The molecule has 1 aromatic rings. The zero-order chi connectivity index (χ0) is 31.6. The lowest BCUT2D eigenvalue weighted by molar-refractivity contribution is -0.155. The number of aliphatic hydroxyl groups is 1. The van der Waals surface area contributed by atoms with Crippen molar-refractivity contribution in [2.45, 2.75) is 31.5 Å². The van der Waals surface area contributed by atoms with Crippen molar-refractivity contribution in [3.05, 3.63) is 41.1 Å². The number of likely N-dealkylation sites (N-methyl/N-ethyl adjacent to an activating group) is 1. The molecular formula is C26H29N5O11S. The van der Waals surface area contributed by atoms with E-state index in [-0.39, 0.29) is 42.3 Å². The molecule has 0 aromatic heterocycles. The standard InChI is InChI=1S/C26H29N5O11S/c1-3-29-8-9-30(23(38)22(29)37)26(41)27-17(13-4-6-14(34)7-5-13)19(35)28-20(42-12(2)33)16-11-43-24-15(10-32)21(36)31(24)18(16)25(39)40/h4-7,15,17,20,24,32,34H,3,8-11H2,1-2H3,(H,27,41)(H,28,35)(H,39,40)/t15-,17?,20?,24-/m1/s1. The maximum absolute atomic E-state index is 13.7. The molecule has 0 spiro atoms. The van der Waals surface area contributed by atoms with Crippen LogP contribution in [0.15, 0.2) is 35.5 Å². The number of carbonyl (C=O) groups excluding carboxylic acids is 6. The molecule has 0 radical (unpaired) electrons. The van der Waals surface area contributed by atoms with E-state index in [1.54, 1.807) is 6.92 Å². The summed E-state index contributed by atoms with van der Waals surface area (Å²) in [6.45, 7) is 2.40. The molecule has 0 aliphatic carbocycles. The van der Waals surface area contributed by atoms with Crippen LogP contribution < -0.4 is 10.6 Å². The summed E-state index contributed by atoms with van der Waals surface area (Å²) in [4.78, 5) is 91.4. The predicted octanol–water partition coefficient (Wildman–Crippen LogP) is -1.30. The molecule has 4 rings (SSSR count). The normalized spacial score (nSPS) is 21.5. The highest BCUT2D eigenvalue weighted by Crippen LogP contribution is 2.44. The van der Waals surface area contributed by atoms with Crippen LogP contribution in [0, 0.1) is 5.92 Å². The number of nitrogens with zero attached hydrogens (tertiary/aromatic N) is 3. The number of benzene rings is 1. The predicted molar refractivity (Wildman–Crippen MR) is 145 cm³/mol. The monoisotopic (exact) mass is 619 g/mol. The zero-order valence-electron chi connectivity index (χ0n) is 23.0. The minimum Gasteiger partial charge on any atom is -0.508 e. The quantitative estimate of drug-likeness (QED) is 0.0942. The van der Waals surface area contributed by atoms with Gasteiger partial charge in [-0.05, 0) is 24.6 Å². The average molecular weight is 620 g/mol. The molecule has 0 saturated carbocycles. The molecule has 2 saturated heterocycles. The lowest BCUT2D eigenvalue weighted by atomic mass is 9.96. The topological polar surface area (TPSA) is 223 Å². The fourth-order valence-corrected chi connectivity index (χ4v) is 6.29. The van der Waals surface area contributed by atoms with E-state index >= 15 is 0 Å². The van der Waals surface area contributed by atoms with Crippen LogP contribution in [0.3, 0.4) is 0 Å². The van der Waals surface area contributed by atoms with Gasteiger partial charge in [0, 0.05) is 37.9 Å². The van der Waals surface area contributed by atoms with Gasteiger partial charge in [0.25, 0.3) is 0 Å². The molecule has 230 valence electrons. The Labute approximate surface area is 248 Å². The van der Waals surface area contributed by atoms with E-state index < -0.39 is 77.5 Å². The highest BCUT2D eigenvalue weighted by Gasteiger charge is 2.54. The molecule has 17 heteroatoms. The maximum atomic E-state index is 13.7. The number of rotatable bonds is 9. The van der Waals surface area contributed by atoms with Crippen molar-refractivity contribution in [3.8, 4) is 5.75 Å². The average Bonchev–Trinajstić information content (AvgIpc) is 2.96. The van der Waals surface area contributed by atoms with Crippen molar-refractivity contribution < 1.29 is 53.6 Å². The molecule has 2 fully saturated rings. The Bertz CT molecular complexity index is 1400. The lowest BCUT2D eigenvalue weighted by Gasteiger charge is -2.49. The van der Waals surface area contributed by atoms with Crippen molar-refractivity contribution in [1.82, 2.24) is 25.3 Å². The number of aliphatic carboxylic acids is 1. The maximum Gasteiger partial charge on any atom is 0.352 e. The van der Waals surface area contributed by atoms with E-state index in [0.29, 0.717) is 4.90 Å². The molecule has 4 atom stereocenters. The van der Waals surface area contributed by atoms with E-state index in [1.807, 2.05) is 0 Å². The first kappa shape index (κ1) is 31.3. The number of hydrogen-bond acceptors (Lipinski definition) is 11. The number of amides is 6. The molecule has 16 nitrogen and oxygen atoms in total. The summed E-state index contributed by atoms with van der Waals surface area (Å²) in [7, 11) is 0. The molecule has 1 aromatic carbocycles. The molecule has 3 aliphatic rings. The molecule has 2 unspecified atom stereocenters. The summed E-state index contributed by atoms with van der Waals surface area (Å²) in [6, 6.07) is 2.42. The third kappa shape index (κ3) is 6.12. The second-order valence-corrected chi connectivity index (χ2v) is 10.8. The number of aromatic hydroxyl groups is 1. The highest BCUT2D eigenvalue weighted by atomic mass is 32.2. The van der Waals surface area contributed by atoms with Crippen LogP contribution in [-0.2, 0) is 33.5 Å². The number of imide groups is 1. The number of phenols is 1. The fourth-order valence-electron chi connectivity index (χ4n) is 4.86. The molecule has 6 amide bonds. The number of β-lactam (4-membered cyclic amide) rings is 1. The summed E-state index contributed by atoms with van der Waals surface area (Å²) in [5.41, 5.74) is -0.534. The van der Waals surface area contributed by atoms with Gasteiger partial charge in [0.05, 0.1) is 17.9 Å². The van der Waals surface area contributed by atoms with Crippen LogP contribution in [0.25, 0.3) is 0 Å². The molecule has 0 bridgehead atoms. The number of carboxylic acids is 1. The number of thioether (sulfide) groups is 1. The SMILES string of the molecule is CCN1CCN(C(=O)NC(C(=O)NC(OC(C)=O)C2=C(C(=O)O)N3C(=O)[C@@H](CO)[C@H]3SC2)c2ccc(O)cc2)C(=O)C1=O. The number of carbonyl (C=O) groups is 7. The number of aliphatic hydroxyl groups excluding tert-OH is 1. The Morgan fingerprint density at radius 1 is 1.07 bits per heavy atom. The first-order valence-corrected chi connectivity index (χ1v) is 14.1. The van der Waals surface area contributed by atoms with Gasteiger partial charge in [-0.2, -0.15) is 0 Å². The Kier molecular flexibility index (Phi) is 9.24. The minimum atomic E-state index is -1.70. The lowest BCUT2D eigenvalue weighted by Crippen LogP contribution is -2.63. The Morgan fingerprint density at radius 2 is 1.74 bits per heavy atom. The molecule has 43 heavy (non-hydrogen) atoms. The second kappa shape index (κ2) is 12.7. The van der Waals surface area contributed by atoms with Gasteiger partial charge < -0.3 is 35.6 Å². The molecule has 3 heterocycles. The summed E-state index contributed by atoms with van der Waals surface area (Å²) >= 11 is 1.10. The number of piperazine rings is 1.